The predicted molar refractivity (Wildman–Crippen MR) is 23.2 cm³/mol. The molecule has 8 heavy (non-hydrogen) atoms. The van der Waals surface area contributed by atoms with E-state index >= 15 is 0 Å². The summed E-state index contributed by atoms with van der Waals surface area (Å²) < 4.78 is 20.2. The van der Waals surface area contributed by atoms with Crippen molar-refractivity contribution >= 4 is 16.3 Å². The molecule has 0 heterocycles. The Kier molecular flexibility index (Phi) is 1.77. The highest BCUT2D eigenvalue weighted by Gasteiger charge is 2.04. The van der Waals surface area contributed by atoms with Crippen molar-refractivity contribution in [3.05, 3.63) is 0 Å². The van der Waals surface area contributed by atoms with Crippen LogP contribution >= 0.6 is 0 Å². The number of rotatable bonds is 1. The van der Waals surface area contributed by atoms with Crippen LogP contribution in [0.15, 0.2) is 0 Å². The minimum atomic E-state index is -4.32. The maximum atomic E-state index is 9.62. The molecule has 0 rings (SSSR count). The maximum Gasteiger partial charge on any atom is 0.419 e. The Morgan fingerprint density at radius 3 is 2.00 bits per heavy atom. The molecule has 0 aromatic heterocycles. The molecule has 1 amide bonds. The van der Waals surface area contributed by atoms with Crippen LogP contribution in [0.4, 0.5) is 4.79 Å². The van der Waals surface area contributed by atoms with E-state index in [2.05, 4.69) is 0 Å². The van der Waals surface area contributed by atoms with Gasteiger partial charge >= 0.3 is 16.3 Å². The van der Waals surface area contributed by atoms with Gasteiger partial charge in [0.05, 0.1) is 0 Å². The number of carbonyl (C=O) groups is 1. The van der Waals surface area contributed by atoms with E-state index in [-0.39, 0.29) is 0 Å². The fourth-order valence-corrected chi connectivity index (χ4v) is 0.345. The summed E-state index contributed by atoms with van der Waals surface area (Å²) in [7, 11) is -4.32. The molecule has 0 aromatic carbocycles. The third-order valence-electron chi connectivity index (χ3n) is 0.222. The molecule has 1 radical (unpaired) electrons. The molecule has 0 fully saturated rings. The van der Waals surface area contributed by atoms with E-state index in [1.165, 1.54) is 0 Å². The predicted octanol–water partition coefficient (Wildman–Crippen LogP) is -1.22. The Balaban J connectivity index is 3.95. The maximum absolute atomic E-state index is 9.62. The van der Waals surface area contributed by atoms with Gasteiger partial charge in [-0.2, -0.15) is 8.42 Å². The van der Waals surface area contributed by atoms with Crippen molar-refractivity contribution in [1.29, 1.82) is 0 Å². The molecule has 0 atom stereocenters. The summed E-state index contributed by atoms with van der Waals surface area (Å²) >= 11 is 0. The van der Waals surface area contributed by atoms with Crippen LogP contribution in [0.25, 0.3) is 0 Å². The summed E-state index contributed by atoms with van der Waals surface area (Å²) in [6.45, 7) is 0. The zero-order valence-corrected chi connectivity index (χ0v) is 4.40. The summed E-state index contributed by atoms with van der Waals surface area (Å²) in [5.41, 5.74) is 0. The van der Waals surface area contributed by atoms with Gasteiger partial charge in [-0.3, -0.25) is 0 Å². The topological polar surface area (TPSA) is 107 Å². The van der Waals surface area contributed by atoms with Crippen LogP contribution in [-0.4, -0.2) is 19.6 Å². The minimum Gasteiger partial charge on any atom is -0.464 e. The average molecular weight is 139 g/mol. The highest BCUT2D eigenvalue weighted by atomic mass is 32.2. The highest BCUT2D eigenvalue weighted by molar-refractivity contribution is 7.87. The van der Waals surface area contributed by atoms with Crippen molar-refractivity contribution in [2.24, 2.45) is 0 Å². The first kappa shape index (κ1) is 7.18. The second-order valence-corrected chi connectivity index (χ2v) is 2.12. The Morgan fingerprint density at radius 1 is 1.62 bits per heavy atom. The van der Waals surface area contributed by atoms with Crippen molar-refractivity contribution < 1.29 is 18.3 Å². The number of nitrogens with one attached hydrogen (secondary N) is 2. The molecule has 3 N–H and O–H groups in total. The van der Waals surface area contributed by atoms with Gasteiger partial charge in [0.2, 0.25) is 0 Å². The molecule has 0 saturated heterocycles. The smallest absolute Gasteiger partial charge is 0.419 e. The number of amides is 1. The van der Waals surface area contributed by atoms with E-state index in [0.29, 0.717) is 0 Å². The van der Waals surface area contributed by atoms with Crippen molar-refractivity contribution in [2.45, 2.75) is 0 Å². The van der Waals surface area contributed by atoms with E-state index in [9.17, 15) is 13.2 Å². The van der Waals surface area contributed by atoms with E-state index in [4.69, 9.17) is 10.2 Å². The van der Waals surface area contributed by atoms with E-state index in [1.54, 1.807) is 0 Å². The van der Waals surface area contributed by atoms with Gasteiger partial charge < -0.3 is 5.11 Å². The minimum absolute atomic E-state index is 0.938. The van der Waals surface area contributed by atoms with Gasteiger partial charge in [0.15, 0.2) is 0 Å². The summed E-state index contributed by atoms with van der Waals surface area (Å²) in [6, 6.07) is 0. The lowest BCUT2D eigenvalue weighted by molar-refractivity contribution is 0.201. The number of hydrogen-bond acceptors (Lipinski definition) is 3. The average Bonchev–Trinajstić information content (AvgIpc) is 1.21. The second kappa shape index (κ2) is 1.97. The zero-order valence-electron chi connectivity index (χ0n) is 3.58. The molecule has 7 heteroatoms. The normalized spacial score (nSPS) is 10.6. The highest BCUT2D eigenvalue weighted by Crippen LogP contribution is 1.68. The van der Waals surface area contributed by atoms with Crippen LogP contribution in [0.3, 0.4) is 0 Å². The molecule has 0 aliphatic rings. The fourth-order valence-electron chi connectivity index (χ4n) is 0.115. The third-order valence-corrected chi connectivity index (χ3v) is 0.665. The summed E-state index contributed by atoms with van der Waals surface area (Å²) in [6.07, 6.45) is -1.75. The Bertz CT molecular complexity index is 180. The molecule has 6 nitrogen and oxygen atoms in total. The van der Waals surface area contributed by atoms with E-state index < -0.39 is 16.3 Å². The molecule has 0 spiro atoms. The molecule has 0 unspecified atom stereocenters. The number of hydrogen-bond donors (Lipinski definition) is 2. The summed E-state index contributed by atoms with van der Waals surface area (Å²) in [5, 5.41) is 13.6. The Hall–Kier alpha value is -0.820. The SMILES string of the molecule is [NH]S(=O)(=O)NC(=O)O. The van der Waals surface area contributed by atoms with Crippen molar-refractivity contribution in [1.82, 2.24) is 9.86 Å². The van der Waals surface area contributed by atoms with Gasteiger partial charge in [-0.05, 0) is 0 Å². The molecule has 0 bridgehead atoms. The lowest BCUT2D eigenvalue weighted by Crippen LogP contribution is -2.28. The lowest BCUT2D eigenvalue weighted by Gasteiger charge is -1.90. The van der Waals surface area contributed by atoms with Gasteiger partial charge in [-0.25, -0.2) is 9.52 Å². The Morgan fingerprint density at radius 2 is 2.00 bits per heavy atom. The van der Waals surface area contributed by atoms with Gasteiger partial charge in [0.1, 0.15) is 0 Å². The summed E-state index contributed by atoms with van der Waals surface area (Å²) in [4.78, 5) is 9.40. The quantitative estimate of drug-likeness (QED) is 0.474. The van der Waals surface area contributed by atoms with Gasteiger partial charge in [-0.1, -0.05) is 0 Å². The van der Waals surface area contributed by atoms with Crippen LogP contribution in [0.2, 0.25) is 0 Å². The van der Waals surface area contributed by atoms with Crippen molar-refractivity contribution in [3.63, 3.8) is 0 Å². The van der Waals surface area contributed by atoms with Crippen molar-refractivity contribution in [2.75, 3.05) is 0 Å². The largest absolute Gasteiger partial charge is 0.464 e. The first-order chi connectivity index (χ1) is 3.42. The molecular formula is CH3N2O4S. The van der Waals surface area contributed by atoms with Crippen molar-refractivity contribution in [3.8, 4) is 0 Å². The first-order valence-corrected chi connectivity index (χ1v) is 2.90. The van der Waals surface area contributed by atoms with Crippen LogP contribution in [0.1, 0.15) is 0 Å². The Labute approximate surface area is 45.5 Å². The lowest BCUT2D eigenvalue weighted by atomic mass is 11.3. The molecule has 0 saturated carbocycles. The van der Waals surface area contributed by atoms with Gasteiger partial charge in [0.25, 0.3) is 0 Å². The van der Waals surface area contributed by atoms with Crippen LogP contribution in [-0.2, 0) is 10.2 Å². The summed E-state index contributed by atoms with van der Waals surface area (Å²) in [5.74, 6) is 0. The van der Waals surface area contributed by atoms with Crippen LogP contribution in [0.5, 0.6) is 0 Å². The van der Waals surface area contributed by atoms with Gasteiger partial charge in [0, 0.05) is 0 Å². The third kappa shape index (κ3) is 5.18. The second-order valence-electron chi connectivity index (χ2n) is 0.911. The van der Waals surface area contributed by atoms with Crippen LogP contribution < -0.4 is 9.86 Å². The van der Waals surface area contributed by atoms with Crippen LogP contribution in [0, 0.1) is 0 Å². The standard InChI is InChI=1S/CH3N2O4S/c2-8(6,7)3-1(4)5/h2-3H,(H,4,5). The molecule has 0 aliphatic carbocycles. The number of carboxylic acid groups (broad SMARTS) is 1. The molecular weight excluding hydrogens is 136 g/mol. The molecule has 47 valence electrons. The first-order valence-electron chi connectivity index (χ1n) is 1.42. The molecule has 0 aromatic rings. The molecule has 0 aliphatic heterocycles. The zero-order chi connectivity index (χ0) is 6.78. The van der Waals surface area contributed by atoms with E-state index in [0.717, 1.165) is 4.72 Å². The van der Waals surface area contributed by atoms with E-state index in [1.807, 2.05) is 0 Å². The fraction of sp³-hybridized carbons (Fsp3) is 0. The monoisotopic (exact) mass is 139 g/mol. The van der Waals surface area contributed by atoms with Gasteiger partial charge in [-0.15, -0.1) is 5.14 Å².